The van der Waals surface area contributed by atoms with Crippen LogP contribution in [0.3, 0.4) is 0 Å². The van der Waals surface area contributed by atoms with Gasteiger partial charge in [0.05, 0.1) is 0 Å². The molecule has 0 amide bonds. The first kappa shape index (κ1) is 19.3. The molecule has 4 aromatic rings. The molecule has 0 atom stereocenters. The normalized spacial score (nSPS) is 12.3. The van der Waals surface area contributed by atoms with Crippen molar-refractivity contribution in [3.05, 3.63) is 101 Å². The van der Waals surface area contributed by atoms with Crippen LogP contribution < -0.4 is 0 Å². The van der Waals surface area contributed by atoms with E-state index < -0.39 is 5.97 Å². The Labute approximate surface area is 173 Å². The Morgan fingerprint density at radius 2 is 1.60 bits per heavy atom. The molecular formula is C25H20N2O3. The lowest BCUT2D eigenvalue weighted by Crippen LogP contribution is -1.95. The number of carboxylic acid groups (broad SMARTS) is 1. The first-order valence-electron chi connectivity index (χ1n) is 9.68. The van der Waals surface area contributed by atoms with Crippen molar-refractivity contribution in [1.82, 2.24) is 10.3 Å². The maximum absolute atomic E-state index is 10.8. The number of benzene rings is 3. The molecule has 0 saturated heterocycles. The Hall–Kier alpha value is -3.99. The predicted octanol–water partition coefficient (Wildman–Crippen LogP) is 5.69. The lowest BCUT2D eigenvalue weighted by molar-refractivity contribution is -0.131. The van der Waals surface area contributed by atoms with E-state index in [4.69, 9.17) is 9.74 Å². The fraction of sp³-hybridized carbons (Fsp3) is 0.0800. The second-order valence-corrected chi connectivity index (χ2v) is 6.83. The molecule has 0 radical (unpaired) electrons. The molecule has 0 aliphatic heterocycles. The van der Waals surface area contributed by atoms with Crippen molar-refractivity contribution in [3.63, 3.8) is 0 Å². The molecule has 1 heterocycles. The number of carbonyl (C=O) groups is 1. The summed E-state index contributed by atoms with van der Waals surface area (Å²) in [7, 11) is 0. The summed E-state index contributed by atoms with van der Waals surface area (Å²) in [5.41, 5.74) is 7.77. The SMILES string of the molecule is CCC(=C(c1ccc(C=CC(=O)O)cc1)c1ccc2nonc2c1)c1ccccc1. The maximum atomic E-state index is 10.8. The van der Waals surface area contributed by atoms with E-state index in [1.807, 2.05) is 60.7 Å². The summed E-state index contributed by atoms with van der Waals surface area (Å²) in [6.07, 6.45) is 3.56. The van der Waals surface area contributed by atoms with Crippen LogP contribution in [0.25, 0.3) is 28.3 Å². The maximum Gasteiger partial charge on any atom is 0.328 e. The van der Waals surface area contributed by atoms with Gasteiger partial charge in [-0.1, -0.05) is 67.6 Å². The third kappa shape index (κ3) is 4.05. The van der Waals surface area contributed by atoms with E-state index in [-0.39, 0.29) is 0 Å². The number of hydrogen-bond acceptors (Lipinski definition) is 4. The van der Waals surface area contributed by atoms with Crippen molar-refractivity contribution in [1.29, 1.82) is 0 Å². The van der Waals surface area contributed by atoms with Gasteiger partial charge in [-0.05, 0) is 68.3 Å². The summed E-state index contributed by atoms with van der Waals surface area (Å²) in [6.45, 7) is 2.14. The van der Waals surface area contributed by atoms with Gasteiger partial charge in [0.25, 0.3) is 0 Å². The van der Waals surface area contributed by atoms with Gasteiger partial charge in [0.15, 0.2) is 0 Å². The average molecular weight is 396 g/mol. The van der Waals surface area contributed by atoms with Crippen molar-refractivity contribution in [2.24, 2.45) is 0 Å². The molecule has 5 nitrogen and oxygen atoms in total. The zero-order valence-electron chi connectivity index (χ0n) is 16.4. The van der Waals surface area contributed by atoms with Crippen LogP contribution in [0.4, 0.5) is 0 Å². The average Bonchev–Trinajstić information content (AvgIpc) is 3.25. The highest BCUT2D eigenvalue weighted by atomic mass is 16.6. The number of allylic oxidation sites excluding steroid dienone is 1. The topological polar surface area (TPSA) is 76.2 Å². The Kier molecular flexibility index (Phi) is 5.52. The van der Waals surface area contributed by atoms with Gasteiger partial charge < -0.3 is 5.11 Å². The first-order chi connectivity index (χ1) is 14.7. The van der Waals surface area contributed by atoms with E-state index in [2.05, 4.69) is 29.4 Å². The van der Waals surface area contributed by atoms with E-state index in [9.17, 15) is 4.79 Å². The van der Waals surface area contributed by atoms with E-state index in [1.54, 1.807) is 6.08 Å². The first-order valence-corrected chi connectivity index (χ1v) is 9.68. The fourth-order valence-corrected chi connectivity index (χ4v) is 3.55. The summed E-state index contributed by atoms with van der Waals surface area (Å²) < 4.78 is 4.87. The van der Waals surface area contributed by atoms with Gasteiger partial charge in [0.1, 0.15) is 11.0 Å². The number of rotatable bonds is 6. The number of aromatic nitrogens is 2. The van der Waals surface area contributed by atoms with Crippen LogP contribution in [0.2, 0.25) is 0 Å². The van der Waals surface area contributed by atoms with Crippen LogP contribution in [-0.4, -0.2) is 21.4 Å². The van der Waals surface area contributed by atoms with Gasteiger partial charge in [0, 0.05) is 6.08 Å². The molecule has 1 N–H and O–H groups in total. The molecule has 4 rings (SSSR count). The van der Waals surface area contributed by atoms with Crippen LogP contribution in [-0.2, 0) is 4.79 Å². The summed E-state index contributed by atoms with van der Waals surface area (Å²) >= 11 is 0. The Morgan fingerprint density at radius 3 is 2.30 bits per heavy atom. The second kappa shape index (κ2) is 8.57. The van der Waals surface area contributed by atoms with Crippen molar-refractivity contribution < 1.29 is 14.5 Å². The summed E-state index contributed by atoms with van der Waals surface area (Å²) in [5, 5.41) is 16.8. The van der Waals surface area contributed by atoms with Crippen molar-refractivity contribution in [2.45, 2.75) is 13.3 Å². The molecule has 148 valence electrons. The summed E-state index contributed by atoms with van der Waals surface area (Å²) in [4.78, 5) is 10.8. The molecule has 0 aliphatic rings. The highest BCUT2D eigenvalue weighted by molar-refractivity contribution is 6.00. The molecule has 0 saturated carbocycles. The molecular weight excluding hydrogens is 376 g/mol. The van der Waals surface area contributed by atoms with Gasteiger partial charge in [-0.3, -0.25) is 0 Å². The van der Waals surface area contributed by atoms with Gasteiger partial charge >= 0.3 is 5.97 Å². The van der Waals surface area contributed by atoms with Crippen molar-refractivity contribution in [3.8, 4) is 0 Å². The minimum Gasteiger partial charge on any atom is -0.478 e. The van der Waals surface area contributed by atoms with Crippen LogP contribution in [0.5, 0.6) is 0 Å². The standard InChI is InChI=1S/C25H20N2O3/c1-2-21(18-6-4-3-5-7-18)25(20-13-14-22-23(16-20)27-30-26-22)19-11-8-17(9-12-19)10-15-24(28)29/h3-16H,2H2,1H3,(H,28,29). The fourth-order valence-electron chi connectivity index (χ4n) is 3.55. The minimum atomic E-state index is -0.966. The summed E-state index contributed by atoms with van der Waals surface area (Å²) in [5.74, 6) is -0.966. The molecule has 1 aromatic heterocycles. The number of hydrogen-bond donors (Lipinski definition) is 1. The molecule has 3 aromatic carbocycles. The van der Waals surface area contributed by atoms with E-state index in [0.717, 1.165) is 40.3 Å². The van der Waals surface area contributed by atoms with E-state index in [1.165, 1.54) is 5.57 Å². The quantitative estimate of drug-likeness (QED) is 0.335. The Morgan fingerprint density at radius 1 is 0.900 bits per heavy atom. The number of carboxylic acids is 1. The van der Waals surface area contributed by atoms with E-state index in [0.29, 0.717) is 11.0 Å². The summed E-state index contributed by atoms with van der Waals surface area (Å²) in [6, 6.07) is 24.1. The highest BCUT2D eigenvalue weighted by Gasteiger charge is 2.14. The van der Waals surface area contributed by atoms with Crippen LogP contribution >= 0.6 is 0 Å². The van der Waals surface area contributed by atoms with Gasteiger partial charge in [-0.25, -0.2) is 9.42 Å². The third-order valence-electron chi connectivity index (χ3n) is 4.94. The third-order valence-corrected chi connectivity index (χ3v) is 4.94. The molecule has 5 heteroatoms. The number of aliphatic carboxylic acids is 1. The zero-order valence-corrected chi connectivity index (χ0v) is 16.4. The molecule has 0 unspecified atom stereocenters. The van der Waals surface area contributed by atoms with Gasteiger partial charge in [0.2, 0.25) is 0 Å². The zero-order chi connectivity index (χ0) is 20.9. The monoisotopic (exact) mass is 396 g/mol. The van der Waals surface area contributed by atoms with Crippen molar-refractivity contribution in [2.75, 3.05) is 0 Å². The molecule has 0 bridgehead atoms. The van der Waals surface area contributed by atoms with Crippen LogP contribution in [0.15, 0.2) is 83.5 Å². The molecule has 0 fully saturated rings. The van der Waals surface area contributed by atoms with E-state index >= 15 is 0 Å². The molecule has 30 heavy (non-hydrogen) atoms. The van der Waals surface area contributed by atoms with Crippen molar-refractivity contribution >= 4 is 34.2 Å². The number of fused-ring (bicyclic) bond motifs is 1. The smallest absolute Gasteiger partial charge is 0.328 e. The van der Waals surface area contributed by atoms with Gasteiger partial charge in [-0.15, -0.1) is 0 Å². The number of nitrogens with zero attached hydrogens (tertiary/aromatic N) is 2. The Balaban J connectivity index is 1.89. The molecule has 0 aliphatic carbocycles. The minimum absolute atomic E-state index is 0.703. The van der Waals surface area contributed by atoms with Crippen LogP contribution in [0, 0.1) is 0 Å². The second-order valence-electron chi connectivity index (χ2n) is 6.83. The largest absolute Gasteiger partial charge is 0.478 e. The lowest BCUT2D eigenvalue weighted by Gasteiger charge is -2.16. The van der Waals surface area contributed by atoms with Crippen LogP contribution in [0.1, 0.15) is 35.6 Å². The molecule has 0 spiro atoms. The highest BCUT2D eigenvalue weighted by Crippen LogP contribution is 2.35. The Bertz CT molecular complexity index is 1240. The predicted molar refractivity (Wildman–Crippen MR) is 118 cm³/mol. The lowest BCUT2D eigenvalue weighted by atomic mass is 9.88. The van der Waals surface area contributed by atoms with Gasteiger partial charge in [-0.2, -0.15) is 0 Å².